The van der Waals surface area contributed by atoms with Gasteiger partial charge in [0.25, 0.3) is 0 Å². The van der Waals surface area contributed by atoms with Gasteiger partial charge in [0, 0.05) is 29.2 Å². The number of halogens is 1. The molecule has 2 rings (SSSR count). The quantitative estimate of drug-likeness (QED) is 0.782. The largest absolute Gasteiger partial charge is 0.493 e. The summed E-state index contributed by atoms with van der Waals surface area (Å²) in [5.41, 5.74) is 3.50. The summed E-state index contributed by atoms with van der Waals surface area (Å²) in [4.78, 5) is 4.28. The number of nitrogens with zero attached hydrogens (tertiary/aromatic N) is 1. The summed E-state index contributed by atoms with van der Waals surface area (Å²) in [6, 6.07) is 12.2. The Morgan fingerprint density at radius 3 is 2.83 bits per heavy atom. The monoisotopic (exact) mass is 305 g/mol. The maximum Gasteiger partial charge on any atom is 0.123 e. The lowest BCUT2D eigenvalue weighted by Crippen LogP contribution is -2.04. The molecule has 18 heavy (non-hydrogen) atoms. The lowest BCUT2D eigenvalue weighted by Gasteiger charge is -2.10. The number of aryl methyl sites for hydroxylation is 1. The number of hydrogen-bond acceptors (Lipinski definition) is 2. The van der Waals surface area contributed by atoms with Crippen molar-refractivity contribution in [2.45, 2.75) is 18.7 Å². The predicted molar refractivity (Wildman–Crippen MR) is 77.2 cm³/mol. The zero-order valence-electron chi connectivity index (χ0n) is 10.4. The molecule has 0 N–H and O–H groups in total. The van der Waals surface area contributed by atoms with Crippen LogP contribution in [0.2, 0.25) is 0 Å². The highest BCUT2D eigenvalue weighted by Crippen LogP contribution is 2.22. The standard InChI is InChI=1S/C15H16BrNO/c1-12-5-6-15(13(10-12)11-16)18-9-7-14-4-2-3-8-17-14/h2-6,8,10H,7,9,11H2,1H3. The Bertz CT molecular complexity index is 499. The first kappa shape index (κ1) is 13.1. The van der Waals surface area contributed by atoms with Gasteiger partial charge < -0.3 is 4.74 Å². The first-order chi connectivity index (χ1) is 8.79. The van der Waals surface area contributed by atoms with Gasteiger partial charge in [0.1, 0.15) is 5.75 Å². The normalized spacial score (nSPS) is 10.3. The van der Waals surface area contributed by atoms with E-state index < -0.39 is 0 Å². The number of hydrogen-bond donors (Lipinski definition) is 0. The van der Waals surface area contributed by atoms with Crippen molar-refractivity contribution in [1.82, 2.24) is 4.98 Å². The molecule has 3 heteroatoms. The van der Waals surface area contributed by atoms with Crippen molar-refractivity contribution in [1.29, 1.82) is 0 Å². The van der Waals surface area contributed by atoms with Gasteiger partial charge in [0.2, 0.25) is 0 Å². The summed E-state index contributed by atoms with van der Waals surface area (Å²) in [6.45, 7) is 2.74. The van der Waals surface area contributed by atoms with E-state index in [1.807, 2.05) is 30.5 Å². The maximum absolute atomic E-state index is 5.82. The van der Waals surface area contributed by atoms with Crippen molar-refractivity contribution in [2.24, 2.45) is 0 Å². The molecule has 1 heterocycles. The predicted octanol–water partition coefficient (Wildman–Crippen LogP) is 3.91. The molecule has 0 spiro atoms. The zero-order chi connectivity index (χ0) is 12.8. The molecule has 2 aromatic rings. The van der Waals surface area contributed by atoms with Gasteiger partial charge >= 0.3 is 0 Å². The van der Waals surface area contributed by atoms with Crippen molar-refractivity contribution in [3.05, 3.63) is 59.4 Å². The van der Waals surface area contributed by atoms with Gasteiger partial charge in [-0.25, -0.2) is 0 Å². The van der Waals surface area contributed by atoms with Gasteiger partial charge in [-0.05, 0) is 25.1 Å². The van der Waals surface area contributed by atoms with Crippen molar-refractivity contribution in [3.8, 4) is 5.75 Å². The second-order valence-corrected chi connectivity index (χ2v) is 4.73. The Balaban J connectivity index is 1.94. The highest BCUT2D eigenvalue weighted by molar-refractivity contribution is 9.08. The molecule has 94 valence electrons. The summed E-state index contributed by atoms with van der Waals surface area (Å²) in [7, 11) is 0. The number of alkyl halides is 1. The van der Waals surface area contributed by atoms with Crippen LogP contribution in [-0.4, -0.2) is 11.6 Å². The van der Waals surface area contributed by atoms with Crippen LogP contribution >= 0.6 is 15.9 Å². The van der Waals surface area contributed by atoms with E-state index in [0.29, 0.717) is 6.61 Å². The van der Waals surface area contributed by atoms with E-state index in [9.17, 15) is 0 Å². The van der Waals surface area contributed by atoms with Crippen molar-refractivity contribution >= 4 is 15.9 Å². The minimum atomic E-state index is 0.653. The van der Waals surface area contributed by atoms with Crippen LogP contribution in [0.1, 0.15) is 16.8 Å². The lowest BCUT2D eigenvalue weighted by atomic mass is 10.1. The second-order valence-electron chi connectivity index (χ2n) is 4.16. The number of benzene rings is 1. The van der Waals surface area contributed by atoms with E-state index >= 15 is 0 Å². The molecule has 2 nitrogen and oxygen atoms in total. The molecule has 0 radical (unpaired) electrons. The van der Waals surface area contributed by atoms with Crippen molar-refractivity contribution in [2.75, 3.05) is 6.61 Å². The van der Waals surface area contributed by atoms with Crippen LogP contribution in [0.25, 0.3) is 0 Å². The van der Waals surface area contributed by atoms with E-state index in [2.05, 4.69) is 40.0 Å². The summed E-state index contributed by atoms with van der Waals surface area (Å²) in [6.07, 6.45) is 2.64. The molecule has 0 atom stereocenters. The molecule has 0 aliphatic carbocycles. The van der Waals surface area contributed by atoms with Gasteiger partial charge in [-0.1, -0.05) is 39.7 Å². The molecule has 0 aliphatic heterocycles. The molecule has 0 bridgehead atoms. The fourth-order valence-corrected chi connectivity index (χ4v) is 2.20. The van der Waals surface area contributed by atoms with Crippen LogP contribution in [0.5, 0.6) is 5.75 Å². The third-order valence-corrected chi connectivity index (χ3v) is 3.31. The Labute approximate surface area is 116 Å². The number of pyridine rings is 1. The first-order valence-corrected chi connectivity index (χ1v) is 7.10. The van der Waals surface area contributed by atoms with Crippen molar-refractivity contribution in [3.63, 3.8) is 0 Å². The van der Waals surface area contributed by atoms with E-state index in [1.165, 1.54) is 11.1 Å². The topological polar surface area (TPSA) is 22.1 Å². The number of ether oxygens (including phenoxy) is 1. The SMILES string of the molecule is Cc1ccc(OCCc2ccccn2)c(CBr)c1. The highest BCUT2D eigenvalue weighted by atomic mass is 79.9. The average molecular weight is 306 g/mol. The van der Waals surface area contributed by atoms with E-state index in [1.54, 1.807) is 0 Å². The molecule has 1 aromatic carbocycles. The Morgan fingerprint density at radius 1 is 1.22 bits per heavy atom. The lowest BCUT2D eigenvalue weighted by molar-refractivity contribution is 0.318. The molecule has 0 saturated heterocycles. The smallest absolute Gasteiger partial charge is 0.123 e. The second kappa shape index (κ2) is 6.55. The third kappa shape index (κ3) is 3.57. The third-order valence-electron chi connectivity index (χ3n) is 2.70. The highest BCUT2D eigenvalue weighted by Gasteiger charge is 2.03. The minimum Gasteiger partial charge on any atom is -0.493 e. The van der Waals surface area contributed by atoms with E-state index in [0.717, 1.165) is 23.2 Å². The molecular formula is C15H16BrNO. The van der Waals surface area contributed by atoms with Gasteiger partial charge in [-0.3, -0.25) is 4.98 Å². The summed E-state index contributed by atoms with van der Waals surface area (Å²) >= 11 is 3.49. The Hall–Kier alpha value is -1.35. The molecule has 1 aromatic heterocycles. The molecule has 0 fully saturated rings. The Kier molecular flexibility index (Phi) is 4.76. The minimum absolute atomic E-state index is 0.653. The fraction of sp³-hybridized carbons (Fsp3) is 0.267. The van der Waals surface area contributed by atoms with Crippen molar-refractivity contribution < 1.29 is 4.74 Å². The number of rotatable bonds is 5. The van der Waals surface area contributed by atoms with Crippen LogP contribution in [0.4, 0.5) is 0 Å². The first-order valence-electron chi connectivity index (χ1n) is 5.98. The van der Waals surface area contributed by atoms with Gasteiger partial charge in [0.15, 0.2) is 0 Å². The molecule has 0 saturated carbocycles. The molecular weight excluding hydrogens is 290 g/mol. The number of aromatic nitrogens is 1. The van der Waals surface area contributed by atoms with Crippen LogP contribution in [-0.2, 0) is 11.8 Å². The van der Waals surface area contributed by atoms with Crippen LogP contribution in [0, 0.1) is 6.92 Å². The zero-order valence-corrected chi connectivity index (χ0v) is 12.0. The summed E-state index contributed by atoms with van der Waals surface area (Å²) in [5.74, 6) is 0.952. The van der Waals surface area contributed by atoms with E-state index in [-0.39, 0.29) is 0 Å². The van der Waals surface area contributed by atoms with E-state index in [4.69, 9.17) is 4.74 Å². The Morgan fingerprint density at radius 2 is 2.11 bits per heavy atom. The fourth-order valence-electron chi connectivity index (χ4n) is 1.77. The summed E-state index contributed by atoms with van der Waals surface area (Å²) < 4.78 is 5.82. The summed E-state index contributed by atoms with van der Waals surface area (Å²) in [5, 5.41) is 0.813. The van der Waals surface area contributed by atoms with Crippen LogP contribution < -0.4 is 4.74 Å². The van der Waals surface area contributed by atoms with Crippen LogP contribution in [0.15, 0.2) is 42.6 Å². The maximum atomic E-state index is 5.82. The van der Waals surface area contributed by atoms with Gasteiger partial charge in [-0.2, -0.15) is 0 Å². The average Bonchev–Trinajstić information content (AvgIpc) is 2.41. The molecule has 0 unspecified atom stereocenters. The molecule has 0 aliphatic rings. The molecule has 0 amide bonds. The van der Waals surface area contributed by atoms with Crippen LogP contribution in [0.3, 0.4) is 0 Å². The van der Waals surface area contributed by atoms with Gasteiger partial charge in [0.05, 0.1) is 6.61 Å². The van der Waals surface area contributed by atoms with Gasteiger partial charge in [-0.15, -0.1) is 0 Å².